The maximum atomic E-state index is 12.7. The van der Waals surface area contributed by atoms with Crippen molar-refractivity contribution in [2.75, 3.05) is 11.4 Å². The lowest BCUT2D eigenvalue weighted by Gasteiger charge is -2.11. The molecule has 0 fully saturated rings. The maximum absolute atomic E-state index is 12.7. The Morgan fingerprint density at radius 2 is 1.77 bits per heavy atom. The SMILES string of the molecule is Cc1ccc(-c2cc(C(C)CO)nn2NS(=O)(=O)c2ccccc2)cc1. The smallest absolute Gasteiger partial charge is 0.276 e. The molecule has 0 saturated heterocycles. The highest BCUT2D eigenvalue weighted by Gasteiger charge is 2.19. The second-order valence-corrected chi connectivity index (χ2v) is 7.88. The molecule has 1 aromatic heterocycles. The average Bonchev–Trinajstić information content (AvgIpc) is 3.05. The summed E-state index contributed by atoms with van der Waals surface area (Å²) in [5.74, 6) is -0.207. The molecule has 1 unspecified atom stereocenters. The largest absolute Gasteiger partial charge is 0.396 e. The van der Waals surface area contributed by atoms with Crippen LogP contribution in [0, 0.1) is 6.92 Å². The van der Waals surface area contributed by atoms with Crippen LogP contribution >= 0.6 is 0 Å². The highest BCUT2D eigenvalue weighted by atomic mass is 32.2. The van der Waals surface area contributed by atoms with Gasteiger partial charge in [0.25, 0.3) is 10.0 Å². The van der Waals surface area contributed by atoms with Crippen LogP contribution in [0.15, 0.2) is 65.6 Å². The van der Waals surface area contributed by atoms with Gasteiger partial charge in [-0.15, -0.1) is 0 Å². The zero-order valence-electron chi connectivity index (χ0n) is 14.6. The van der Waals surface area contributed by atoms with Crippen LogP contribution in [-0.2, 0) is 10.0 Å². The zero-order valence-corrected chi connectivity index (χ0v) is 15.4. The number of hydrogen-bond donors (Lipinski definition) is 2. The van der Waals surface area contributed by atoms with Gasteiger partial charge < -0.3 is 5.11 Å². The van der Waals surface area contributed by atoms with Crippen LogP contribution in [0.1, 0.15) is 24.1 Å². The molecule has 26 heavy (non-hydrogen) atoms. The predicted octanol–water partition coefficient (Wildman–Crippen LogP) is 2.89. The predicted molar refractivity (Wildman–Crippen MR) is 101 cm³/mol. The van der Waals surface area contributed by atoms with Crippen molar-refractivity contribution in [3.8, 4) is 11.3 Å². The fraction of sp³-hybridized carbons (Fsp3) is 0.211. The van der Waals surface area contributed by atoms with Crippen LogP contribution in [0.4, 0.5) is 0 Å². The molecule has 0 radical (unpaired) electrons. The number of nitrogens with one attached hydrogen (secondary N) is 1. The van der Waals surface area contributed by atoms with Crippen LogP contribution in [0.25, 0.3) is 11.3 Å². The Labute approximate surface area is 153 Å². The average molecular weight is 371 g/mol. The number of benzene rings is 2. The Morgan fingerprint density at radius 3 is 2.38 bits per heavy atom. The van der Waals surface area contributed by atoms with Crippen LogP contribution in [-0.4, -0.2) is 30.0 Å². The normalized spacial score (nSPS) is 12.7. The molecule has 3 aromatic rings. The van der Waals surface area contributed by atoms with Gasteiger partial charge in [-0.05, 0) is 25.1 Å². The highest BCUT2D eigenvalue weighted by molar-refractivity contribution is 7.92. The molecule has 0 aliphatic heterocycles. The summed E-state index contributed by atoms with van der Waals surface area (Å²) in [6.07, 6.45) is 0. The number of aliphatic hydroxyl groups excluding tert-OH is 1. The van der Waals surface area contributed by atoms with E-state index >= 15 is 0 Å². The van der Waals surface area contributed by atoms with Crippen LogP contribution in [0.3, 0.4) is 0 Å². The van der Waals surface area contributed by atoms with Gasteiger partial charge in [0.2, 0.25) is 0 Å². The second-order valence-electron chi connectivity index (χ2n) is 6.22. The van der Waals surface area contributed by atoms with E-state index in [1.54, 1.807) is 24.3 Å². The van der Waals surface area contributed by atoms with Gasteiger partial charge in [-0.1, -0.05) is 55.0 Å². The van der Waals surface area contributed by atoms with Crippen molar-refractivity contribution in [2.45, 2.75) is 24.7 Å². The molecule has 6 nitrogen and oxygen atoms in total. The summed E-state index contributed by atoms with van der Waals surface area (Å²) in [7, 11) is -3.78. The Kier molecular flexibility index (Phi) is 5.11. The molecule has 3 rings (SSSR count). The van der Waals surface area contributed by atoms with Gasteiger partial charge in [-0.25, -0.2) is 0 Å². The Bertz CT molecular complexity index is 981. The topological polar surface area (TPSA) is 84.2 Å². The number of sulfonamides is 1. The van der Waals surface area contributed by atoms with E-state index in [4.69, 9.17) is 0 Å². The lowest BCUT2D eigenvalue weighted by atomic mass is 10.1. The molecule has 0 amide bonds. The number of nitrogens with zero attached hydrogens (tertiary/aromatic N) is 2. The van der Waals surface area contributed by atoms with E-state index in [0.29, 0.717) is 11.4 Å². The van der Waals surface area contributed by atoms with Crippen molar-refractivity contribution >= 4 is 10.0 Å². The fourth-order valence-electron chi connectivity index (χ4n) is 2.50. The van der Waals surface area contributed by atoms with Gasteiger partial charge in [-0.2, -0.15) is 23.1 Å². The van der Waals surface area contributed by atoms with E-state index in [0.717, 1.165) is 11.1 Å². The molecule has 2 aromatic carbocycles. The minimum absolute atomic E-state index is 0.0736. The Morgan fingerprint density at radius 1 is 1.12 bits per heavy atom. The van der Waals surface area contributed by atoms with E-state index in [9.17, 15) is 13.5 Å². The molecule has 136 valence electrons. The first-order chi connectivity index (χ1) is 12.4. The Balaban J connectivity index is 2.05. The number of aryl methyl sites for hydroxylation is 1. The van der Waals surface area contributed by atoms with Gasteiger partial charge in [0.15, 0.2) is 0 Å². The summed E-state index contributed by atoms with van der Waals surface area (Å²) < 4.78 is 25.3. The first kappa shape index (κ1) is 18.2. The molecular formula is C19H21N3O3S. The monoisotopic (exact) mass is 371 g/mol. The Hall–Kier alpha value is -2.64. The van der Waals surface area contributed by atoms with E-state index in [1.807, 2.05) is 38.1 Å². The molecule has 1 heterocycles. The van der Waals surface area contributed by atoms with Gasteiger partial charge in [0, 0.05) is 11.5 Å². The number of hydrogen-bond acceptors (Lipinski definition) is 4. The van der Waals surface area contributed by atoms with E-state index in [-0.39, 0.29) is 17.4 Å². The van der Waals surface area contributed by atoms with Crippen LogP contribution in [0.5, 0.6) is 0 Å². The van der Waals surface area contributed by atoms with Gasteiger partial charge in [-0.3, -0.25) is 0 Å². The highest BCUT2D eigenvalue weighted by Crippen LogP contribution is 2.24. The minimum atomic E-state index is -3.78. The van der Waals surface area contributed by atoms with Crippen molar-refractivity contribution in [3.05, 3.63) is 71.9 Å². The molecule has 1 atom stereocenters. The maximum Gasteiger partial charge on any atom is 0.276 e. The molecule has 0 aliphatic rings. The van der Waals surface area contributed by atoms with Crippen LogP contribution in [0.2, 0.25) is 0 Å². The third kappa shape index (κ3) is 3.79. The molecule has 0 bridgehead atoms. The zero-order chi connectivity index (χ0) is 18.7. The van der Waals surface area contributed by atoms with Crippen molar-refractivity contribution in [1.29, 1.82) is 0 Å². The lowest BCUT2D eigenvalue weighted by molar-refractivity contribution is 0.270. The number of aliphatic hydroxyl groups is 1. The quantitative estimate of drug-likeness (QED) is 0.698. The molecule has 0 saturated carbocycles. The van der Waals surface area contributed by atoms with Gasteiger partial charge in [0.05, 0.1) is 22.9 Å². The van der Waals surface area contributed by atoms with E-state index in [1.165, 1.54) is 16.9 Å². The second kappa shape index (κ2) is 7.31. The summed E-state index contributed by atoms with van der Waals surface area (Å²) in [5.41, 5.74) is 3.16. The summed E-state index contributed by atoms with van der Waals surface area (Å²) in [6, 6.07) is 17.6. The van der Waals surface area contributed by atoms with E-state index in [2.05, 4.69) is 9.93 Å². The lowest BCUT2D eigenvalue weighted by Crippen LogP contribution is -2.25. The number of aromatic nitrogens is 2. The molecule has 7 heteroatoms. The molecule has 0 aliphatic carbocycles. The first-order valence-corrected chi connectivity index (χ1v) is 9.75. The third-order valence-electron chi connectivity index (χ3n) is 4.11. The van der Waals surface area contributed by atoms with Crippen molar-refractivity contribution in [3.63, 3.8) is 0 Å². The van der Waals surface area contributed by atoms with Gasteiger partial charge in [0.1, 0.15) is 0 Å². The summed E-state index contributed by atoms with van der Waals surface area (Å²) in [6.45, 7) is 3.74. The summed E-state index contributed by atoms with van der Waals surface area (Å²) >= 11 is 0. The summed E-state index contributed by atoms with van der Waals surface area (Å²) in [4.78, 5) is 3.92. The third-order valence-corrected chi connectivity index (χ3v) is 5.42. The first-order valence-electron chi connectivity index (χ1n) is 8.26. The minimum Gasteiger partial charge on any atom is -0.396 e. The van der Waals surface area contributed by atoms with Crippen molar-refractivity contribution in [1.82, 2.24) is 9.89 Å². The molecule has 0 spiro atoms. The van der Waals surface area contributed by atoms with E-state index < -0.39 is 10.0 Å². The fourth-order valence-corrected chi connectivity index (χ4v) is 3.49. The van der Waals surface area contributed by atoms with Gasteiger partial charge >= 0.3 is 0 Å². The number of rotatable bonds is 6. The summed E-state index contributed by atoms with van der Waals surface area (Å²) in [5, 5.41) is 13.8. The van der Waals surface area contributed by atoms with Crippen LogP contribution < -0.4 is 4.83 Å². The molecular weight excluding hydrogens is 350 g/mol. The standard InChI is InChI=1S/C19H21N3O3S/c1-14-8-10-16(11-9-14)19-12-18(15(2)13-23)20-22(19)21-26(24,25)17-6-4-3-5-7-17/h3-12,15,21,23H,13H2,1-2H3. The van der Waals surface area contributed by atoms with Crippen molar-refractivity contribution < 1.29 is 13.5 Å². The van der Waals surface area contributed by atoms with Crippen molar-refractivity contribution in [2.24, 2.45) is 0 Å². The molecule has 2 N–H and O–H groups in total.